The molecule has 0 aliphatic rings. The van der Waals surface area contributed by atoms with Gasteiger partial charge in [0.05, 0.1) is 0 Å². The number of H-pyrrole nitrogens is 1. The number of nitrogens with one attached hydrogen (secondary N) is 1. The summed E-state index contributed by atoms with van der Waals surface area (Å²) in [5.41, 5.74) is 8.79. The third-order valence-corrected chi connectivity index (χ3v) is 2.84. The minimum absolute atomic E-state index is 0.212. The number of fused-ring (bicyclic) bond motifs is 1. The molecule has 0 aliphatic heterocycles. The van der Waals surface area contributed by atoms with Crippen LogP contribution in [0.25, 0.3) is 10.9 Å². The molecule has 0 saturated carbocycles. The quantitative estimate of drug-likeness (QED) is 0.779. The number of aromatic amines is 1. The second-order valence-electron chi connectivity index (χ2n) is 3.99. The number of halogens is 1. The zero-order chi connectivity index (χ0) is 11.0. The van der Waals surface area contributed by atoms with Gasteiger partial charge in [0.2, 0.25) is 0 Å². The molecule has 15 heavy (non-hydrogen) atoms. The Balaban J connectivity index is 2.68. The molecule has 3 heteroatoms. The summed E-state index contributed by atoms with van der Waals surface area (Å²) in [5, 5.41) is 1.08. The van der Waals surface area contributed by atoms with Gasteiger partial charge in [0.15, 0.2) is 0 Å². The molecule has 1 aromatic heterocycles. The van der Waals surface area contributed by atoms with E-state index in [2.05, 4.69) is 11.9 Å². The number of rotatable bonds is 2. The van der Waals surface area contributed by atoms with Crippen molar-refractivity contribution in [1.29, 1.82) is 0 Å². The number of aromatic nitrogens is 1. The summed E-state index contributed by atoms with van der Waals surface area (Å²) in [7, 11) is 0. The molecular weight excluding hydrogens is 191 g/mol. The average molecular weight is 206 g/mol. The summed E-state index contributed by atoms with van der Waals surface area (Å²) in [4.78, 5) is 3.19. The fraction of sp³-hybridized carbons (Fsp3) is 0.333. The molecule has 0 fully saturated rings. The van der Waals surface area contributed by atoms with Crippen LogP contribution in [0.3, 0.4) is 0 Å². The number of aryl methyl sites for hydroxylation is 1. The van der Waals surface area contributed by atoms with Crippen molar-refractivity contribution in [2.45, 2.75) is 19.8 Å². The maximum absolute atomic E-state index is 13.0. The van der Waals surface area contributed by atoms with Crippen LogP contribution in [-0.2, 0) is 0 Å². The molecule has 80 valence electrons. The van der Waals surface area contributed by atoms with Crippen LogP contribution < -0.4 is 5.73 Å². The molecule has 0 amide bonds. The molecule has 0 radical (unpaired) electrons. The van der Waals surface area contributed by atoms with Crippen molar-refractivity contribution in [2.24, 2.45) is 5.73 Å². The van der Waals surface area contributed by atoms with Gasteiger partial charge in [-0.3, -0.25) is 0 Å². The van der Waals surface area contributed by atoms with Gasteiger partial charge in [-0.25, -0.2) is 4.39 Å². The van der Waals surface area contributed by atoms with E-state index in [4.69, 9.17) is 5.73 Å². The minimum Gasteiger partial charge on any atom is -0.358 e. The van der Waals surface area contributed by atoms with Gasteiger partial charge in [-0.15, -0.1) is 0 Å². The summed E-state index contributed by atoms with van der Waals surface area (Å²) in [5.74, 6) is 0.0833. The van der Waals surface area contributed by atoms with Crippen molar-refractivity contribution in [3.05, 3.63) is 35.3 Å². The number of benzene rings is 1. The number of nitrogens with two attached hydrogens (primary N) is 1. The molecule has 0 aliphatic carbocycles. The Kier molecular flexibility index (Phi) is 2.49. The smallest absolute Gasteiger partial charge is 0.125 e. The van der Waals surface area contributed by atoms with E-state index in [0.29, 0.717) is 12.5 Å². The third-order valence-electron chi connectivity index (χ3n) is 2.84. The molecule has 1 heterocycles. The average Bonchev–Trinajstić information content (AvgIpc) is 2.52. The summed E-state index contributed by atoms with van der Waals surface area (Å²) >= 11 is 0. The number of hydrogen-bond acceptors (Lipinski definition) is 1. The molecule has 0 bridgehead atoms. The van der Waals surface area contributed by atoms with Crippen LogP contribution in [0.2, 0.25) is 0 Å². The molecule has 1 atom stereocenters. The lowest BCUT2D eigenvalue weighted by atomic mass is 9.98. The van der Waals surface area contributed by atoms with Crippen molar-refractivity contribution in [2.75, 3.05) is 6.54 Å². The van der Waals surface area contributed by atoms with Crippen molar-refractivity contribution < 1.29 is 4.39 Å². The predicted molar refractivity (Wildman–Crippen MR) is 60.5 cm³/mol. The second kappa shape index (κ2) is 3.66. The van der Waals surface area contributed by atoms with Gasteiger partial charge in [-0.05, 0) is 43.1 Å². The molecule has 0 saturated heterocycles. The molecule has 2 aromatic rings. The molecule has 3 N–H and O–H groups in total. The highest BCUT2D eigenvalue weighted by molar-refractivity contribution is 5.85. The molecule has 2 rings (SSSR count). The Morgan fingerprint density at radius 1 is 1.47 bits per heavy atom. The number of hydrogen-bond donors (Lipinski definition) is 2. The molecule has 1 aromatic carbocycles. The van der Waals surface area contributed by atoms with Crippen molar-refractivity contribution in [3.63, 3.8) is 0 Å². The zero-order valence-corrected chi connectivity index (χ0v) is 8.97. The van der Waals surface area contributed by atoms with Crippen LogP contribution in [0.15, 0.2) is 18.2 Å². The van der Waals surface area contributed by atoms with Crippen molar-refractivity contribution in [3.8, 4) is 0 Å². The van der Waals surface area contributed by atoms with E-state index in [0.717, 1.165) is 16.6 Å². The standard InChI is InChI=1S/C12H15FN2/c1-7(6-14)12-8(2)15-11-5-9(13)3-4-10(11)12/h3-5,7,15H,6,14H2,1-2H3. The maximum Gasteiger partial charge on any atom is 0.125 e. The van der Waals surface area contributed by atoms with E-state index >= 15 is 0 Å². The molecule has 0 spiro atoms. The molecule has 2 nitrogen and oxygen atoms in total. The van der Waals surface area contributed by atoms with Crippen molar-refractivity contribution in [1.82, 2.24) is 4.98 Å². The highest BCUT2D eigenvalue weighted by Gasteiger charge is 2.13. The van der Waals surface area contributed by atoms with E-state index < -0.39 is 0 Å². The first-order valence-electron chi connectivity index (χ1n) is 5.11. The van der Waals surface area contributed by atoms with Crippen LogP contribution in [0.5, 0.6) is 0 Å². The Labute approximate surface area is 88.3 Å². The highest BCUT2D eigenvalue weighted by Crippen LogP contribution is 2.28. The van der Waals surface area contributed by atoms with E-state index in [1.165, 1.54) is 17.7 Å². The van der Waals surface area contributed by atoms with Gasteiger partial charge in [0, 0.05) is 16.6 Å². The Bertz CT molecular complexity index is 488. The summed E-state index contributed by atoms with van der Waals surface area (Å²) < 4.78 is 13.0. The second-order valence-corrected chi connectivity index (χ2v) is 3.99. The van der Waals surface area contributed by atoms with Gasteiger partial charge in [-0.1, -0.05) is 6.92 Å². The minimum atomic E-state index is -0.212. The van der Waals surface area contributed by atoms with Gasteiger partial charge in [0.1, 0.15) is 5.82 Å². The van der Waals surface area contributed by atoms with Crippen LogP contribution in [-0.4, -0.2) is 11.5 Å². The van der Waals surface area contributed by atoms with Gasteiger partial charge >= 0.3 is 0 Å². The zero-order valence-electron chi connectivity index (χ0n) is 8.97. The molecular formula is C12H15FN2. The SMILES string of the molecule is Cc1[nH]c2cc(F)ccc2c1C(C)CN. The van der Waals surface area contributed by atoms with Crippen LogP contribution in [0.1, 0.15) is 24.1 Å². The summed E-state index contributed by atoms with van der Waals surface area (Å²) in [6.45, 7) is 4.68. The Hall–Kier alpha value is -1.35. The van der Waals surface area contributed by atoms with E-state index in [9.17, 15) is 4.39 Å². The maximum atomic E-state index is 13.0. The van der Waals surface area contributed by atoms with Crippen molar-refractivity contribution >= 4 is 10.9 Å². The summed E-state index contributed by atoms with van der Waals surface area (Å²) in [6.07, 6.45) is 0. The van der Waals surface area contributed by atoms with Crippen LogP contribution >= 0.6 is 0 Å². The van der Waals surface area contributed by atoms with Gasteiger partial charge in [-0.2, -0.15) is 0 Å². The fourth-order valence-corrected chi connectivity index (χ4v) is 2.08. The van der Waals surface area contributed by atoms with E-state index in [1.54, 1.807) is 0 Å². The lowest BCUT2D eigenvalue weighted by Gasteiger charge is -2.08. The van der Waals surface area contributed by atoms with Gasteiger partial charge in [0.25, 0.3) is 0 Å². The van der Waals surface area contributed by atoms with Gasteiger partial charge < -0.3 is 10.7 Å². The fourth-order valence-electron chi connectivity index (χ4n) is 2.08. The third kappa shape index (κ3) is 1.63. The van der Waals surface area contributed by atoms with E-state index in [1.807, 2.05) is 13.0 Å². The molecule has 1 unspecified atom stereocenters. The van der Waals surface area contributed by atoms with E-state index in [-0.39, 0.29) is 5.82 Å². The normalized spacial score (nSPS) is 13.3. The summed E-state index contributed by atoms with van der Waals surface area (Å²) in [6, 6.07) is 4.83. The monoisotopic (exact) mass is 206 g/mol. The Morgan fingerprint density at radius 2 is 2.20 bits per heavy atom. The topological polar surface area (TPSA) is 41.8 Å². The predicted octanol–water partition coefficient (Wildman–Crippen LogP) is 2.68. The first-order valence-corrected chi connectivity index (χ1v) is 5.11. The highest BCUT2D eigenvalue weighted by atomic mass is 19.1. The lowest BCUT2D eigenvalue weighted by Crippen LogP contribution is -2.09. The first-order chi connectivity index (χ1) is 7.13. The first kappa shape index (κ1) is 10.2. The Morgan fingerprint density at radius 3 is 2.87 bits per heavy atom. The van der Waals surface area contributed by atoms with Crippen LogP contribution in [0.4, 0.5) is 4.39 Å². The largest absolute Gasteiger partial charge is 0.358 e. The lowest BCUT2D eigenvalue weighted by molar-refractivity contribution is 0.629. The van der Waals surface area contributed by atoms with Crippen LogP contribution in [0, 0.1) is 12.7 Å².